The van der Waals surface area contributed by atoms with E-state index in [4.69, 9.17) is 10.8 Å². The van der Waals surface area contributed by atoms with Crippen molar-refractivity contribution in [3.63, 3.8) is 0 Å². The van der Waals surface area contributed by atoms with Gasteiger partial charge in [-0.05, 0) is 12.1 Å². The number of nitrogens with zero attached hydrogens (tertiary/aromatic N) is 1. The minimum Gasteiger partial charge on any atom is -0.505 e. The van der Waals surface area contributed by atoms with Gasteiger partial charge in [-0.3, -0.25) is 10.5 Å². The standard InChI is InChI=1S/C6H5N2O2/c7-6(10)5-4(9)2-1-3-8-5/h1-3,7,9H. The highest BCUT2D eigenvalue weighted by molar-refractivity contribution is 5.92. The lowest BCUT2D eigenvalue weighted by molar-refractivity contribution is 0.0984. The number of carbonyl (C=O) groups is 1. The van der Waals surface area contributed by atoms with E-state index in [2.05, 4.69) is 4.98 Å². The third-order valence-corrected chi connectivity index (χ3v) is 1.00. The van der Waals surface area contributed by atoms with Gasteiger partial charge in [0.15, 0.2) is 5.69 Å². The number of carbonyl (C=O) groups excluding carboxylic acids is 1. The molecule has 1 rings (SSSR count). The van der Waals surface area contributed by atoms with Crippen molar-refractivity contribution in [2.24, 2.45) is 0 Å². The van der Waals surface area contributed by atoms with Gasteiger partial charge in [-0.1, -0.05) is 0 Å². The molecule has 0 aliphatic rings. The normalized spacial score (nSPS) is 9.20. The second-order valence-corrected chi connectivity index (χ2v) is 1.70. The molecule has 1 radical (unpaired) electrons. The zero-order chi connectivity index (χ0) is 7.56. The first-order chi connectivity index (χ1) is 4.72. The fourth-order valence-corrected chi connectivity index (χ4v) is 0.572. The fourth-order valence-electron chi connectivity index (χ4n) is 0.572. The molecule has 0 bridgehead atoms. The largest absolute Gasteiger partial charge is 0.505 e. The van der Waals surface area contributed by atoms with Crippen molar-refractivity contribution < 1.29 is 9.90 Å². The Labute approximate surface area is 57.3 Å². The Balaban J connectivity index is 3.15. The highest BCUT2D eigenvalue weighted by atomic mass is 16.3. The average molecular weight is 137 g/mol. The first kappa shape index (κ1) is 6.54. The second-order valence-electron chi connectivity index (χ2n) is 1.70. The molecule has 1 aromatic heterocycles. The van der Waals surface area contributed by atoms with Crippen LogP contribution in [0, 0.1) is 0 Å². The molecule has 2 N–H and O–H groups in total. The molecule has 0 saturated heterocycles. The maximum absolute atomic E-state index is 10.3. The molecule has 10 heavy (non-hydrogen) atoms. The summed E-state index contributed by atoms with van der Waals surface area (Å²) in [6.45, 7) is 0. The zero-order valence-corrected chi connectivity index (χ0v) is 5.03. The van der Waals surface area contributed by atoms with Crippen molar-refractivity contribution in [2.45, 2.75) is 0 Å². The summed E-state index contributed by atoms with van der Waals surface area (Å²) in [5.74, 6) is -1.22. The fraction of sp³-hybridized carbons (Fsp3) is 0. The number of aromatic nitrogens is 1. The van der Waals surface area contributed by atoms with Gasteiger partial charge in [0.2, 0.25) is 0 Å². The van der Waals surface area contributed by atoms with Crippen LogP contribution in [0.4, 0.5) is 0 Å². The van der Waals surface area contributed by atoms with Gasteiger partial charge in [0.25, 0.3) is 5.91 Å². The molecular formula is C6H5N2O2. The van der Waals surface area contributed by atoms with Crippen LogP contribution >= 0.6 is 0 Å². The molecule has 51 valence electrons. The molecular weight excluding hydrogens is 132 g/mol. The smallest absolute Gasteiger partial charge is 0.292 e. The van der Waals surface area contributed by atoms with E-state index < -0.39 is 5.91 Å². The Morgan fingerprint density at radius 3 is 2.80 bits per heavy atom. The molecule has 0 atom stereocenters. The summed E-state index contributed by atoms with van der Waals surface area (Å²) in [4.78, 5) is 13.8. The molecule has 1 aromatic rings. The molecule has 4 heteroatoms. The van der Waals surface area contributed by atoms with Gasteiger partial charge >= 0.3 is 0 Å². The van der Waals surface area contributed by atoms with Gasteiger partial charge in [0.1, 0.15) is 5.75 Å². The predicted octanol–water partition coefficient (Wildman–Crippen LogP) is 0.210. The summed E-state index contributed by atoms with van der Waals surface area (Å²) >= 11 is 0. The lowest BCUT2D eigenvalue weighted by Crippen LogP contribution is -2.01. The SMILES string of the molecule is [NH]C(=O)c1ncccc1O. The van der Waals surface area contributed by atoms with Gasteiger partial charge in [-0.25, -0.2) is 4.98 Å². The van der Waals surface area contributed by atoms with Crippen LogP contribution in [0.2, 0.25) is 0 Å². The van der Waals surface area contributed by atoms with E-state index in [1.54, 1.807) is 0 Å². The molecule has 0 spiro atoms. The van der Waals surface area contributed by atoms with Crippen molar-refractivity contribution in [1.29, 1.82) is 0 Å². The number of rotatable bonds is 1. The highest BCUT2D eigenvalue weighted by Gasteiger charge is 2.06. The van der Waals surface area contributed by atoms with E-state index in [0.717, 1.165) is 0 Å². The second kappa shape index (κ2) is 2.34. The molecule has 4 nitrogen and oxygen atoms in total. The predicted molar refractivity (Wildman–Crippen MR) is 33.3 cm³/mol. The van der Waals surface area contributed by atoms with E-state index in [-0.39, 0.29) is 11.4 Å². The summed E-state index contributed by atoms with van der Waals surface area (Å²) in [5, 5.41) is 8.88. The lowest BCUT2D eigenvalue weighted by Gasteiger charge is -1.94. The van der Waals surface area contributed by atoms with E-state index >= 15 is 0 Å². The average Bonchev–Trinajstić information content (AvgIpc) is 1.88. The molecule has 0 fully saturated rings. The van der Waals surface area contributed by atoms with Crippen LogP contribution in [0.25, 0.3) is 0 Å². The van der Waals surface area contributed by atoms with Crippen LogP contribution in [-0.4, -0.2) is 16.0 Å². The Morgan fingerprint density at radius 1 is 1.70 bits per heavy atom. The minimum atomic E-state index is -0.974. The van der Waals surface area contributed by atoms with Crippen molar-refractivity contribution in [3.8, 4) is 5.75 Å². The Kier molecular flexibility index (Phi) is 1.53. The summed E-state index contributed by atoms with van der Waals surface area (Å²) in [6, 6.07) is 2.80. The lowest BCUT2D eigenvalue weighted by atomic mass is 10.3. The summed E-state index contributed by atoms with van der Waals surface area (Å²) < 4.78 is 0. The number of nitrogens with one attached hydrogen (secondary N) is 1. The molecule has 0 unspecified atom stereocenters. The van der Waals surface area contributed by atoms with Crippen LogP contribution in [0.3, 0.4) is 0 Å². The minimum absolute atomic E-state index is 0.206. The molecule has 0 aliphatic heterocycles. The van der Waals surface area contributed by atoms with Crippen molar-refractivity contribution in [3.05, 3.63) is 24.0 Å². The monoisotopic (exact) mass is 137 g/mol. The van der Waals surface area contributed by atoms with Gasteiger partial charge in [-0.15, -0.1) is 0 Å². The van der Waals surface area contributed by atoms with Crippen LogP contribution < -0.4 is 5.73 Å². The van der Waals surface area contributed by atoms with E-state index in [0.29, 0.717) is 0 Å². The van der Waals surface area contributed by atoms with Crippen LogP contribution in [0.5, 0.6) is 5.75 Å². The maximum Gasteiger partial charge on any atom is 0.292 e. The van der Waals surface area contributed by atoms with Gasteiger partial charge in [-0.2, -0.15) is 0 Å². The molecule has 0 aromatic carbocycles. The van der Waals surface area contributed by atoms with Crippen molar-refractivity contribution in [1.82, 2.24) is 10.7 Å². The first-order valence-electron chi connectivity index (χ1n) is 2.61. The quantitative estimate of drug-likeness (QED) is 0.601. The third-order valence-electron chi connectivity index (χ3n) is 1.00. The van der Waals surface area contributed by atoms with Crippen molar-refractivity contribution >= 4 is 5.91 Å². The summed E-state index contributed by atoms with van der Waals surface area (Å²) in [6.07, 6.45) is 1.35. The first-order valence-corrected chi connectivity index (χ1v) is 2.61. The van der Waals surface area contributed by atoms with Gasteiger partial charge < -0.3 is 5.11 Å². The van der Waals surface area contributed by atoms with Crippen LogP contribution in [0.1, 0.15) is 10.5 Å². The third kappa shape index (κ3) is 1.05. The Morgan fingerprint density at radius 2 is 2.40 bits per heavy atom. The number of aromatic hydroxyl groups is 1. The number of hydrogen-bond acceptors (Lipinski definition) is 3. The van der Waals surface area contributed by atoms with Gasteiger partial charge in [0.05, 0.1) is 0 Å². The van der Waals surface area contributed by atoms with E-state index in [1.165, 1.54) is 18.3 Å². The molecule has 1 amide bonds. The Hall–Kier alpha value is -1.58. The number of amides is 1. The number of hydrogen-bond donors (Lipinski definition) is 1. The van der Waals surface area contributed by atoms with Crippen molar-refractivity contribution in [2.75, 3.05) is 0 Å². The maximum atomic E-state index is 10.3. The zero-order valence-electron chi connectivity index (χ0n) is 5.03. The van der Waals surface area contributed by atoms with Gasteiger partial charge in [0, 0.05) is 6.20 Å². The van der Waals surface area contributed by atoms with Crippen LogP contribution in [-0.2, 0) is 0 Å². The number of pyridine rings is 1. The summed E-state index contributed by atoms with van der Waals surface area (Å²) in [7, 11) is 0. The Bertz CT molecular complexity index is 260. The topological polar surface area (TPSA) is 74.0 Å². The van der Waals surface area contributed by atoms with E-state index in [9.17, 15) is 4.79 Å². The molecule has 0 aliphatic carbocycles. The highest BCUT2D eigenvalue weighted by Crippen LogP contribution is 2.10. The summed E-state index contributed by atoms with van der Waals surface area (Å²) in [5.41, 5.74) is 6.39. The van der Waals surface area contributed by atoms with E-state index in [1.807, 2.05) is 0 Å². The molecule has 0 saturated carbocycles. The molecule has 1 heterocycles. The van der Waals surface area contributed by atoms with Crippen LogP contribution in [0.15, 0.2) is 18.3 Å².